The van der Waals surface area contributed by atoms with Crippen LogP contribution in [0.2, 0.25) is 0 Å². The molecule has 0 spiro atoms. The number of nitrogens with zero attached hydrogens (tertiary/aromatic N) is 1. The Labute approximate surface area is 110 Å². The van der Waals surface area contributed by atoms with Gasteiger partial charge in [0.05, 0.1) is 5.75 Å². The summed E-state index contributed by atoms with van der Waals surface area (Å²) < 4.78 is 25.5. The SMILES string of the molecule is CN1C(=O)CCC(NS(=O)(=O)CCCC(=O)O)C1=O. The molecule has 2 N–H and O–H groups in total. The molecule has 0 aliphatic carbocycles. The number of hydrogen-bond acceptors (Lipinski definition) is 5. The van der Waals surface area contributed by atoms with Crippen molar-refractivity contribution in [2.24, 2.45) is 0 Å². The number of piperidine rings is 1. The van der Waals surface area contributed by atoms with Crippen LogP contribution in [0.5, 0.6) is 0 Å². The number of likely N-dealkylation sites (N-methyl/N-ethyl adjacent to an activating group) is 1. The van der Waals surface area contributed by atoms with Gasteiger partial charge in [-0.05, 0) is 12.8 Å². The first-order chi connectivity index (χ1) is 8.73. The number of carbonyl (C=O) groups is 3. The molecule has 2 amide bonds. The van der Waals surface area contributed by atoms with Gasteiger partial charge < -0.3 is 5.11 Å². The second-order valence-electron chi connectivity index (χ2n) is 4.32. The number of aliphatic carboxylic acids is 1. The van der Waals surface area contributed by atoms with Gasteiger partial charge in [0.2, 0.25) is 21.8 Å². The third-order valence-corrected chi connectivity index (χ3v) is 4.24. The lowest BCUT2D eigenvalue weighted by Gasteiger charge is -2.27. The highest BCUT2D eigenvalue weighted by atomic mass is 32.2. The van der Waals surface area contributed by atoms with Crippen LogP contribution >= 0.6 is 0 Å². The van der Waals surface area contributed by atoms with Crippen molar-refractivity contribution in [2.45, 2.75) is 31.7 Å². The number of imide groups is 1. The van der Waals surface area contributed by atoms with Crippen LogP contribution in [0.25, 0.3) is 0 Å². The summed E-state index contributed by atoms with van der Waals surface area (Å²) in [7, 11) is -2.42. The Morgan fingerprint density at radius 3 is 2.68 bits per heavy atom. The van der Waals surface area contributed by atoms with Crippen molar-refractivity contribution in [1.82, 2.24) is 9.62 Å². The van der Waals surface area contributed by atoms with E-state index in [1.807, 2.05) is 0 Å². The number of nitrogens with one attached hydrogen (secondary N) is 1. The molecule has 0 saturated carbocycles. The van der Waals surface area contributed by atoms with Gasteiger partial charge in [0.1, 0.15) is 6.04 Å². The number of hydrogen-bond donors (Lipinski definition) is 2. The highest BCUT2D eigenvalue weighted by Crippen LogP contribution is 2.12. The zero-order valence-corrected chi connectivity index (χ0v) is 11.3. The monoisotopic (exact) mass is 292 g/mol. The average Bonchev–Trinajstić information content (AvgIpc) is 2.29. The highest BCUT2D eigenvalue weighted by Gasteiger charge is 2.34. The second kappa shape index (κ2) is 6.11. The first kappa shape index (κ1) is 15.6. The largest absolute Gasteiger partial charge is 0.481 e. The zero-order valence-electron chi connectivity index (χ0n) is 10.5. The van der Waals surface area contributed by atoms with E-state index in [4.69, 9.17) is 5.11 Å². The Balaban J connectivity index is 2.56. The van der Waals surface area contributed by atoms with Gasteiger partial charge in [-0.1, -0.05) is 0 Å². The predicted molar refractivity (Wildman–Crippen MR) is 64.6 cm³/mol. The van der Waals surface area contributed by atoms with E-state index in [1.165, 1.54) is 7.05 Å². The highest BCUT2D eigenvalue weighted by molar-refractivity contribution is 7.89. The number of carbonyl (C=O) groups excluding carboxylic acids is 2. The summed E-state index contributed by atoms with van der Waals surface area (Å²) in [6.45, 7) is 0. The molecule has 0 aromatic heterocycles. The smallest absolute Gasteiger partial charge is 0.303 e. The van der Waals surface area contributed by atoms with E-state index < -0.39 is 27.9 Å². The van der Waals surface area contributed by atoms with E-state index in [0.717, 1.165) is 4.90 Å². The molecule has 1 heterocycles. The normalized spacial score (nSPS) is 20.7. The maximum atomic E-state index is 11.7. The summed E-state index contributed by atoms with van der Waals surface area (Å²) in [6.07, 6.45) is -0.0526. The molecule has 108 valence electrons. The Hall–Kier alpha value is -1.48. The fourth-order valence-electron chi connectivity index (χ4n) is 1.71. The number of rotatable bonds is 6. The molecular weight excluding hydrogens is 276 g/mol. The molecule has 0 aromatic rings. The van der Waals surface area contributed by atoms with E-state index >= 15 is 0 Å². The zero-order chi connectivity index (χ0) is 14.6. The van der Waals surface area contributed by atoms with Crippen LogP contribution < -0.4 is 4.72 Å². The molecule has 1 rings (SSSR count). The van der Waals surface area contributed by atoms with Gasteiger partial charge in [0.25, 0.3) is 0 Å². The minimum Gasteiger partial charge on any atom is -0.481 e. The van der Waals surface area contributed by atoms with Crippen molar-refractivity contribution in [2.75, 3.05) is 12.8 Å². The van der Waals surface area contributed by atoms with Crippen molar-refractivity contribution in [3.63, 3.8) is 0 Å². The molecule has 1 unspecified atom stereocenters. The summed E-state index contributed by atoms with van der Waals surface area (Å²) in [6, 6.07) is -0.947. The van der Waals surface area contributed by atoms with Crippen LogP contribution in [0, 0.1) is 0 Å². The lowest BCUT2D eigenvalue weighted by molar-refractivity contribution is -0.147. The van der Waals surface area contributed by atoms with Crippen LogP contribution in [-0.2, 0) is 24.4 Å². The van der Waals surface area contributed by atoms with Crippen molar-refractivity contribution in [3.05, 3.63) is 0 Å². The third-order valence-electron chi connectivity index (χ3n) is 2.78. The van der Waals surface area contributed by atoms with Crippen LogP contribution in [0.1, 0.15) is 25.7 Å². The molecule has 0 radical (unpaired) electrons. The first-order valence-electron chi connectivity index (χ1n) is 5.75. The molecule has 8 nitrogen and oxygen atoms in total. The van der Waals surface area contributed by atoms with Gasteiger partial charge in [-0.3, -0.25) is 19.3 Å². The summed E-state index contributed by atoms with van der Waals surface area (Å²) >= 11 is 0. The minimum atomic E-state index is -3.72. The number of amides is 2. The third kappa shape index (κ3) is 4.60. The predicted octanol–water partition coefficient (Wildman–Crippen LogP) is -1.08. The lowest BCUT2D eigenvalue weighted by Crippen LogP contribution is -2.53. The summed E-state index contributed by atoms with van der Waals surface area (Å²) in [4.78, 5) is 34.1. The Kier molecular flexibility index (Phi) is 5.01. The molecule has 1 atom stereocenters. The second-order valence-corrected chi connectivity index (χ2v) is 6.19. The molecule has 1 saturated heterocycles. The van der Waals surface area contributed by atoms with Gasteiger partial charge in [-0.25, -0.2) is 13.1 Å². The van der Waals surface area contributed by atoms with Gasteiger partial charge in [-0.2, -0.15) is 0 Å². The lowest BCUT2D eigenvalue weighted by atomic mass is 10.1. The number of carboxylic acids is 1. The first-order valence-corrected chi connectivity index (χ1v) is 7.40. The molecule has 1 aliphatic rings. The van der Waals surface area contributed by atoms with Crippen molar-refractivity contribution in [3.8, 4) is 0 Å². The van der Waals surface area contributed by atoms with Crippen LogP contribution in [0.3, 0.4) is 0 Å². The molecule has 1 fully saturated rings. The van der Waals surface area contributed by atoms with E-state index in [1.54, 1.807) is 0 Å². The molecular formula is C10H16N2O6S. The Bertz CT molecular complexity index is 486. The summed E-state index contributed by atoms with van der Waals surface area (Å²) in [5, 5.41) is 8.42. The van der Waals surface area contributed by atoms with E-state index in [0.29, 0.717) is 0 Å². The van der Waals surface area contributed by atoms with E-state index in [2.05, 4.69) is 4.72 Å². The number of sulfonamides is 1. The molecule has 1 aliphatic heterocycles. The van der Waals surface area contributed by atoms with E-state index in [-0.39, 0.29) is 37.3 Å². The Morgan fingerprint density at radius 1 is 1.47 bits per heavy atom. The standard InChI is InChI=1S/C10H16N2O6S/c1-12-8(13)5-4-7(10(12)16)11-19(17,18)6-2-3-9(14)15/h7,11H,2-6H2,1H3,(H,14,15). The quantitative estimate of drug-likeness (QED) is 0.601. The fraction of sp³-hybridized carbons (Fsp3) is 0.700. The van der Waals surface area contributed by atoms with Crippen LogP contribution in [0.15, 0.2) is 0 Å². The van der Waals surface area contributed by atoms with Crippen molar-refractivity contribution < 1.29 is 27.9 Å². The maximum Gasteiger partial charge on any atom is 0.303 e. The van der Waals surface area contributed by atoms with Crippen LogP contribution in [0.4, 0.5) is 0 Å². The minimum absolute atomic E-state index is 0.0274. The molecule has 0 aromatic carbocycles. The van der Waals surface area contributed by atoms with Crippen LogP contribution in [-0.4, -0.2) is 55.1 Å². The maximum absolute atomic E-state index is 11.7. The van der Waals surface area contributed by atoms with E-state index in [9.17, 15) is 22.8 Å². The van der Waals surface area contributed by atoms with Gasteiger partial charge in [0, 0.05) is 19.9 Å². The number of likely N-dealkylation sites (tertiary alicyclic amines) is 1. The van der Waals surface area contributed by atoms with Gasteiger partial charge in [-0.15, -0.1) is 0 Å². The fourth-order valence-corrected chi connectivity index (χ4v) is 3.01. The average molecular weight is 292 g/mol. The summed E-state index contributed by atoms with van der Waals surface area (Å²) in [5.74, 6) is -2.36. The van der Waals surface area contributed by atoms with Crippen molar-refractivity contribution >= 4 is 27.8 Å². The molecule has 19 heavy (non-hydrogen) atoms. The molecule has 9 heteroatoms. The number of carboxylic acid groups (broad SMARTS) is 1. The topological polar surface area (TPSA) is 121 Å². The Morgan fingerprint density at radius 2 is 2.11 bits per heavy atom. The van der Waals surface area contributed by atoms with Gasteiger partial charge >= 0.3 is 5.97 Å². The molecule has 0 bridgehead atoms. The summed E-state index contributed by atoms with van der Waals surface area (Å²) in [5.41, 5.74) is 0. The van der Waals surface area contributed by atoms with Crippen molar-refractivity contribution in [1.29, 1.82) is 0 Å². The van der Waals surface area contributed by atoms with Gasteiger partial charge in [0.15, 0.2) is 0 Å².